The van der Waals surface area contributed by atoms with E-state index in [1.54, 1.807) is 0 Å². The van der Waals surface area contributed by atoms with Gasteiger partial charge in [-0.3, -0.25) is 14.9 Å². The fraction of sp³-hybridized carbons (Fsp3) is 0.0345. The van der Waals surface area contributed by atoms with Crippen molar-refractivity contribution in [3.8, 4) is 22.5 Å². The molecule has 0 fully saturated rings. The van der Waals surface area contributed by atoms with Crippen LogP contribution in [0, 0.1) is 19.1 Å². The fourth-order valence-electron chi connectivity index (χ4n) is 3.58. The topological polar surface area (TPSA) is 29.0 Å². The van der Waals surface area contributed by atoms with Gasteiger partial charge in [0.2, 0.25) is 0 Å². The van der Waals surface area contributed by atoms with Crippen LogP contribution in [0.2, 0.25) is 0 Å². The van der Waals surface area contributed by atoms with Crippen molar-refractivity contribution in [2.75, 3.05) is 4.90 Å². The number of rotatable bonds is 5. The van der Waals surface area contributed by atoms with E-state index in [0.717, 1.165) is 39.8 Å². The first kappa shape index (κ1) is 22.6. The molecule has 2 aromatic heterocycles. The molecule has 4 heteroatoms. The van der Waals surface area contributed by atoms with E-state index >= 15 is 0 Å². The Bertz CT molecular complexity index is 1240. The van der Waals surface area contributed by atoms with Crippen molar-refractivity contribution in [3.05, 3.63) is 127 Å². The molecule has 0 bridgehead atoms. The zero-order valence-corrected chi connectivity index (χ0v) is 20.3. The third-order valence-electron chi connectivity index (χ3n) is 5.19. The molecule has 0 spiro atoms. The molecule has 0 amide bonds. The Morgan fingerprint density at radius 1 is 0.576 bits per heavy atom. The molecule has 0 saturated heterocycles. The molecule has 3 aromatic carbocycles. The summed E-state index contributed by atoms with van der Waals surface area (Å²) in [4.78, 5) is 12.0. The third-order valence-corrected chi connectivity index (χ3v) is 5.19. The average Bonchev–Trinajstić information content (AvgIpc) is 2.87. The molecule has 0 unspecified atom stereocenters. The number of aryl methyl sites for hydroxylation is 1. The molecule has 5 aromatic rings. The van der Waals surface area contributed by atoms with E-state index in [1.807, 2.05) is 84.9 Å². The monoisotopic (exact) mass is 606 g/mol. The summed E-state index contributed by atoms with van der Waals surface area (Å²) in [6.07, 6.45) is 0. The largest absolute Gasteiger partial charge is 2.00 e. The van der Waals surface area contributed by atoms with Crippen molar-refractivity contribution in [1.82, 2.24) is 9.97 Å². The van der Waals surface area contributed by atoms with Crippen molar-refractivity contribution in [2.45, 2.75) is 6.92 Å². The van der Waals surface area contributed by atoms with Gasteiger partial charge in [-0.2, -0.15) is 0 Å². The smallest absolute Gasteiger partial charge is 0.280 e. The Balaban J connectivity index is 0.00000259. The van der Waals surface area contributed by atoms with E-state index < -0.39 is 0 Å². The molecule has 0 aliphatic heterocycles. The molecule has 5 rings (SSSR count). The van der Waals surface area contributed by atoms with Gasteiger partial charge < -0.3 is 0 Å². The Morgan fingerprint density at radius 2 is 1.09 bits per heavy atom. The van der Waals surface area contributed by atoms with E-state index in [-0.39, 0.29) is 21.1 Å². The van der Waals surface area contributed by atoms with Gasteiger partial charge in [-0.05, 0) is 42.6 Å². The molecule has 0 aliphatic carbocycles. The number of nitrogens with zero attached hydrogens (tertiary/aromatic N) is 3. The van der Waals surface area contributed by atoms with Crippen LogP contribution in [0.5, 0.6) is 0 Å². The number of hydrogen-bond acceptors (Lipinski definition) is 3. The summed E-state index contributed by atoms with van der Waals surface area (Å²) in [6.45, 7) is 2.09. The minimum absolute atomic E-state index is 0. The molecule has 0 atom stereocenters. The summed E-state index contributed by atoms with van der Waals surface area (Å²) in [5, 5.41) is 0. The molecule has 162 valence electrons. The quantitative estimate of drug-likeness (QED) is 0.199. The van der Waals surface area contributed by atoms with E-state index in [1.165, 1.54) is 5.56 Å². The molecule has 33 heavy (non-hydrogen) atoms. The molecule has 0 N–H and O–H groups in total. The van der Waals surface area contributed by atoms with Crippen LogP contribution in [-0.4, -0.2) is 9.97 Å². The van der Waals surface area contributed by atoms with Crippen molar-refractivity contribution in [2.24, 2.45) is 0 Å². The average molecular weight is 607 g/mol. The van der Waals surface area contributed by atoms with Gasteiger partial charge >= 0.3 is 21.1 Å². The van der Waals surface area contributed by atoms with Crippen LogP contribution in [0.15, 0.2) is 109 Å². The summed E-state index contributed by atoms with van der Waals surface area (Å²) in [5.74, 6) is 1.59. The third kappa shape index (κ3) is 5.10. The Hall–Kier alpha value is -3.55. The molecule has 2 heterocycles. The number of pyridine rings is 2. The number of anilines is 3. The molecular weight excluding hydrogens is 585 g/mol. The van der Waals surface area contributed by atoms with Gasteiger partial charge in [0.05, 0.1) is 0 Å². The zero-order chi connectivity index (χ0) is 21.8. The number of benzene rings is 3. The van der Waals surface area contributed by atoms with E-state index in [2.05, 4.69) is 48.2 Å². The second kappa shape index (κ2) is 10.4. The first-order valence-electron chi connectivity index (χ1n) is 10.5. The van der Waals surface area contributed by atoms with Crippen molar-refractivity contribution in [3.63, 3.8) is 0 Å². The molecule has 3 nitrogen and oxygen atoms in total. The summed E-state index contributed by atoms with van der Waals surface area (Å²) in [7, 11) is 0. The van der Waals surface area contributed by atoms with Gasteiger partial charge in [0.1, 0.15) is 11.6 Å². The van der Waals surface area contributed by atoms with Crippen molar-refractivity contribution in [1.29, 1.82) is 0 Å². The molecule has 0 saturated carbocycles. The van der Waals surface area contributed by atoms with Crippen LogP contribution >= 0.6 is 0 Å². The van der Waals surface area contributed by atoms with Gasteiger partial charge in [0.15, 0.2) is 0 Å². The zero-order valence-electron chi connectivity index (χ0n) is 18.1. The van der Waals surface area contributed by atoms with E-state index in [4.69, 9.17) is 9.97 Å². The van der Waals surface area contributed by atoms with Gasteiger partial charge in [-0.1, -0.05) is 42.0 Å². The van der Waals surface area contributed by atoms with Gasteiger partial charge in [0.25, 0.3) is 0 Å². The second-order valence-electron chi connectivity index (χ2n) is 7.49. The van der Waals surface area contributed by atoms with Crippen LogP contribution in [0.25, 0.3) is 22.5 Å². The normalized spacial score (nSPS) is 10.3. The Labute approximate surface area is 209 Å². The maximum atomic E-state index is 4.97. The molecular formula is C29H21N3Pt. The second-order valence-corrected chi connectivity index (χ2v) is 7.49. The molecule has 0 radical (unpaired) electrons. The SMILES string of the molecule is Cc1ccc(N(c2cccc(-c3[c-]cccc3)n2)c2cccc(-c3[c-]cccc3)n2)cc1.[Pt+2]. The van der Waals surface area contributed by atoms with Crippen LogP contribution in [-0.2, 0) is 21.1 Å². The fourth-order valence-corrected chi connectivity index (χ4v) is 3.58. The minimum Gasteiger partial charge on any atom is -0.280 e. The van der Waals surface area contributed by atoms with Crippen molar-refractivity contribution >= 4 is 17.3 Å². The van der Waals surface area contributed by atoms with Crippen molar-refractivity contribution < 1.29 is 21.1 Å². The summed E-state index contributed by atoms with van der Waals surface area (Å²) < 4.78 is 0. The van der Waals surface area contributed by atoms with Crippen LogP contribution in [0.3, 0.4) is 0 Å². The van der Waals surface area contributed by atoms with Crippen LogP contribution < -0.4 is 4.90 Å². The maximum absolute atomic E-state index is 4.97. The Kier molecular flexibility index (Phi) is 7.12. The summed E-state index contributed by atoms with van der Waals surface area (Å²) >= 11 is 0. The van der Waals surface area contributed by atoms with Crippen LogP contribution in [0.1, 0.15) is 5.56 Å². The first-order valence-corrected chi connectivity index (χ1v) is 10.5. The van der Waals surface area contributed by atoms with Gasteiger partial charge in [0, 0.05) is 5.69 Å². The van der Waals surface area contributed by atoms with Gasteiger partial charge in [-0.25, -0.2) is 0 Å². The predicted molar refractivity (Wildman–Crippen MR) is 130 cm³/mol. The number of aromatic nitrogens is 2. The Morgan fingerprint density at radius 3 is 1.55 bits per heavy atom. The number of hydrogen-bond donors (Lipinski definition) is 0. The standard InChI is InChI=1S/C29H21N3.Pt/c1-22-18-20-25(21-19-22)32(28-16-8-14-26(30-28)23-10-4-2-5-11-23)29-17-9-15-27(31-29)24-12-6-3-7-13-24;/h2-10,12,14-21H,1H3;/q-2;+2. The van der Waals surface area contributed by atoms with E-state index in [9.17, 15) is 0 Å². The predicted octanol–water partition coefficient (Wildman–Crippen LogP) is 7.19. The molecule has 0 aliphatic rings. The van der Waals surface area contributed by atoms with Crippen LogP contribution in [0.4, 0.5) is 17.3 Å². The van der Waals surface area contributed by atoms with Gasteiger partial charge in [-0.15, -0.1) is 71.8 Å². The summed E-state index contributed by atoms with van der Waals surface area (Å²) in [5.41, 5.74) is 5.85. The van der Waals surface area contributed by atoms with E-state index in [0.29, 0.717) is 0 Å². The maximum Gasteiger partial charge on any atom is 2.00 e. The minimum atomic E-state index is 0. The first-order chi connectivity index (χ1) is 15.8. The summed E-state index contributed by atoms with van der Waals surface area (Å²) in [6, 6.07) is 42.8.